The summed E-state index contributed by atoms with van der Waals surface area (Å²) in [6.45, 7) is 4.81. The summed E-state index contributed by atoms with van der Waals surface area (Å²) in [5.74, 6) is -0.805. The number of likely N-dealkylation sites (tertiary alicyclic amines) is 1. The van der Waals surface area contributed by atoms with Crippen LogP contribution in [-0.4, -0.2) is 41.0 Å². The first-order valence-corrected chi connectivity index (χ1v) is 6.68. The number of carbonyl (C=O) groups excluding carboxylic acids is 1. The first-order valence-electron chi connectivity index (χ1n) is 6.68. The van der Waals surface area contributed by atoms with Crippen LogP contribution in [0.3, 0.4) is 0 Å². The Morgan fingerprint density at radius 3 is 2.39 bits per heavy atom. The highest BCUT2D eigenvalue weighted by atomic mass is 16.4. The van der Waals surface area contributed by atoms with E-state index in [1.807, 2.05) is 0 Å². The molecule has 1 atom stereocenters. The lowest BCUT2D eigenvalue weighted by atomic mass is 9.80. The predicted octanol–water partition coefficient (Wildman–Crippen LogP) is 1.22. The van der Waals surface area contributed by atoms with Gasteiger partial charge in [-0.1, -0.05) is 19.8 Å². The molecular weight excluding hydrogens is 232 g/mol. The van der Waals surface area contributed by atoms with Crippen molar-refractivity contribution in [1.29, 1.82) is 0 Å². The lowest BCUT2D eigenvalue weighted by Gasteiger charge is -2.37. The number of hydrogen-bond donors (Lipinski definition) is 2. The summed E-state index contributed by atoms with van der Waals surface area (Å²) < 4.78 is 0. The Morgan fingerprint density at radius 2 is 1.94 bits per heavy atom. The van der Waals surface area contributed by atoms with E-state index in [1.165, 1.54) is 0 Å². The Balaban J connectivity index is 2.47. The van der Waals surface area contributed by atoms with Crippen molar-refractivity contribution >= 4 is 11.9 Å². The summed E-state index contributed by atoms with van der Waals surface area (Å²) in [6.07, 6.45) is 3.71. The summed E-state index contributed by atoms with van der Waals surface area (Å²) in [6, 6.07) is -0.431. The van der Waals surface area contributed by atoms with E-state index in [0.29, 0.717) is 32.4 Å². The highest BCUT2D eigenvalue weighted by Gasteiger charge is 2.38. The first-order chi connectivity index (χ1) is 8.40. The van der Waals surface area contributed by atoms with Crippen LogP contribution in [0.5, 0.6) is 0 Å². The van der Waals surface area contributed by atoms with E-state index in [-0.39, 0.29) is 5.91 Å². The average Bonchev–Trinajstić information content (AvgIpc) is 2.35. The van der Waals surface area contributed by atoms with Crippen molar-refractivity contribution in [3.8, 4) is 0 Å². The molecule has 1 saturated heterocycles. The fraction of sp³-hybridized carbons (Fsp3) is 0.846. The smallest absolute Gasteiger partial charge is 0.309 e. The zero-order valence-electron chi connectivity index (χ0n) is 11.3. The molecule has 0 aromatic carbocycles. The van der Waals surface area contributed by atoms with Crippen LogP contribution in [0.2, 0.25) is 0 Å². The predicted molar refractivity (Wildman–Crippen MR) is 69.1 cm³/mol. The van der Waals surface area contributed by atoms with Crippen molar-refractivity contribution < 1.29 is 14.7 Å². The molecule has 104 valence electrons. The minimum absolute atomic E-state index is 0.0316. The maximum atomic E-state index is 12.0. The number of hydrogen-bond acceptors (Lipinski definition) is 3. The van der Waals surface area contributed by atoms with Crippen LogP contribution in [0.15, 0.2) is 0 Å². The molecule has 18 heavy (non-hydrogen) atoms. The molecule has 1 heterocycles. The Morgan fingerprint density at radius 1 is 1.39 bits per heavy atom. The van der Waals surface area contributed by atoms with Crippen molar-refractivity contribution in [1.82, 2.24) is 4.90 Å². The maximum Gasteiger partial charge on any atom is 0.309 e. The Hall–Kier alpha value is -1.10. The number of nitrogens with zero attached hydrogens (tertiary/aromatic N) is 1. The van der Waals surface area contributed by atoms with E-state index < -0.39 is 17.4 Å². The zero-order chi connectivity index (χ0) is 13.8. The average molecular weight is 256 g/mol. The Labute approximate surface area is 108 Å². The van der Waals surface area contributed by atoms with Crippen molar-refractivity contribution in [2.75, 3.05) is 13.1 Å². The van der Waals surface area contributed by atoms with Gasteiger partial charge in [0, 0.05) is 13.1 Å². The number of rotatable bonds is 5. The monoisotopic (exact) mass is 256 g/mol. The van der Waals surface area contributed by atoms with Crippen molar-refractivity contribution in [2.45, 2.75) is 52.0 Å². The number of piperidine rings is 1. The topological polar surface area (TPSA) is 83.6 Å². The van der Waals surface area contributed by atoms with E-state index in [9.17, 15) is 9.59 Å². The molecular formula is C13H24N2O3. The summed E-state index contributed by atoms with van der Waals surface area (Å²) in [5, 5.41) is 9.12. The van der Waals surface area contributed by atoms with E-state index >= 15 is 0 Å². The first kappa shape index (κ1) is 15.0. The Kier molecular flexibility index (Phi) is 5.14. The number of unbranched alkanes of at least 4 members (excludes halogenated alkanes) is 1. The van der Waals surface area contributed by atoms with E-state index in [1.54, 1.807) is 11.8 Å². The number of aliphatic carboxylic acids is 1. The van der Waals surface area contributed by atoms with Crippen LogP contribution in [0.1, 0.15) is 46.0 Å². The summed E-state index contributed by atoms with van der Waals surface area (Å²) in [5.41, 5.74) is 5.16. The molecule has 1 amide bonds. The van der Waals surface area contributed by atoms with Crippen molar-refractivity contribution in [3.05, 3.63) is 0 Å². The fourth-order valence-electron chi connectivity index (χ4n) is 2.22. The largest absolute Gasteiger partial charge is 0.481 e. The van der Waals surface area contributed by atoms with Gasteiger partial charge in [0.25, 0.3) is 0 Å². The van der Waals surface area contributed by atoms with E-state index in [0.717, 1.165) is 12.8 Å². The number of carbonyl (C=O) groups is 2. The summed E-state index contributed by atoms with van der Waals surface area (Å²) >= 11 is 0. The molecule has 1 aliphatic rings. The van der Waals surface area contributed by atoms with Gasteiger partial charge in [0.15, 0.2) is 0 Å². The molecule has 1 aliphatic heterocycles. The highest BCUT2D eigenvalue weighted by Crippen LogP contribution is 2.31. The van der Waals surface area contributed by atoms with E-state index in [4.69, 9.17) is 10.8 Å². The van der Waals surface area contributed by atoms with Gasteiger partial charge in [0.05, 0.1) is 11.5 Å². The molecule has 5 nitrogen and oxygen atoms in total. The standard InChI is InChI=1S/C13H24N2O3/c1-3-4-5-10(14)11(16)15-8-6-13(2,7-9-15)12(17)18/h10H,3-9,14H2,1-2H3,(H,17,18). The van der Waals surface area contributed by atoms with Gasteiger partial charge in [-0.3, -0.25) is 9.59 Å². The van der Waals surface area contributed by atoms with Crippen LogP contribution >= 0.6 is 0 Å². The van der Waals surface area contributed by atoms with Crippen LogP contribution in [0, 0.1) is 5.41 Å². The summed E-state index contributed by atoms with van der Waals surface area (Å²) in [4.78, 5) is 24.9. The Bertz CT molecular complexity index is 309. The molecule has 1 unspecified atom stereocenters. The second-order valence-corrected chi connectivity index (χ2v) is 5.44. The third-order valence-electron chi connectivity index (χ3n) is 3.88. The molecule has 0 aromatic rings. The van der Waals surface area contributed by atoms with Crippen LogP contribution in [0.25, 0.3) is 0 Å². The van der Waals surface area contributed by atoms with Crippen molar-refractivity contribution in [2.24, 2.45) is 11.1 Å². The number of carboxylic acids is 1. The van der Waals surface area contributed by atoms with Gasteiger partial charge < -0.3 is 15.7 Å². The minimum Gasteiger partial charge on any atom is -0.481 e. The molecule has 0 aromatic heterocycles. The molecule has 1 rings (SSSR count). The quantitative estimate of drug-likeness (QED) is 0.774. The van der Waals surface area contributed by atoms with Gasteiger partial charge in [-0.25, -0.2) is 0 Å². The van der Waals surface area contributed by atoms with Crippen molar-refractivity contribution in [3.63, 3.8) is 0 Å². The van der Waals surface area contributed by atoms with Gasteiger partial charge >= 0.3 is 5.97 Å². The molecule has 5 heteroatoms. The molecule has 0 bridgehead atoms. The van der Waals surface area contributed by atoms with Gasteiger partial charge in [-0.15, -0.1) is 0 Å². The number of amides is 1. The van der Waals surface area contributed by atoms with Gasteiger partial charge in [0.1, 0.15) is 0 Å². The third kappa shape index (κ3) is 3.45. The fourth-order valence-corrected chi connectivity index (χ4v) is 2.22. The molecule has 1 fully saturated rings. The summed E-state index contributed by atoms with van der Waals surface area (Å²) in [7, 11) is 0. The molecule has 0 saturated carbocycles. The second kappa shape index (κ2) is 6.18. The molecule has 3 N–H and O–H groups in total. The van der Waals surface area contributed by atoms with Gasteiger partial charge in [-0.05, 0) is 26.2 Å². The lowest BCUT2D eigenvalue weighted by molar-refractivity contribution is -0.153. The lowest BCUT2D eigenvalue weighted by Crippen LogP contribution is -2.50. The SMILES string of the molecule is CCCCC(N)C(=O)N1CCC(C)(C(=O)O)CC1. The molecule has 0 spiro atoms. The highest BCUT2D eigenvalue weighted by molar-refractivity contribution is 5.82. The number of carboxylic acid groups (broad SMARTS) is 1. The normalized spacial score (nSPS) is 20.5. The molecule has 0 aliphatic carbocycles. The zero-order valence-corrected chi connectivity index (χ0v) is 11.3. The van der Waals surface area contributed by atoms with Gasteiger partial charge in [0.2, 0.25) is 5.91 Å². The van der Waals surface area contributed by atoms with Gasteiger partial charge in [-0.2, -0.15) is 0 Å². The molecule has 0 radical (unpaired) electrons. The second-order valence-electron chi connectivity index (χ2n) is 5.44. The van der Waals surface area contributed by atoms with Crippen LogP contribution < -0.4 is 5.73 Å². The van der Waals surface area contributed by atoms with E-state index in [2.05, 4.69) is 6.92 Å². The maximum absolute atomic E-state index is 12.0. The van der Waals surface area contributed by atoms with Crippen LogP contribution in [-0.2, 0) is 9.59 Å². The third-order valence-corrected chi connectivity index (χ3v) is 3.88. The minimum atomic E-state index is -0.773. The number of nitrogens with two attached hydrogens (primary N) is 1. The van der Waals surface area contributed by atoms with Crippen LogP contribution in [0.4, 0.5) is 0 Å².